The van der Waals surface area contributed by atoms with Crippen molar-refractivity contribution in [2.24, 2.45) is 0 Å². The fourth-order valence-corrected chi connectivity index (χ4v) is 11.8. The maximum absolute atomic E-state index is 2.49. The van der Waals surface area contributed by atoms with Gasteiger partial charge in [-0.2, -0.15) is 0 Å². The zero-order valence-corrected chi connectivity index (χ0v) is 18.4. The highest BCUT2D eigenvalue weighted by molar-refractivity contribution is 7.05. The number of allylic oxidation sites excluding steroid dienone is 2. The second kappa shape index (κ2) is 7.37. The van der Waals surface area contributed by atoms with E-state index >= 15 is 0 Å². The topological polar surface area (TPSA) is 0 Å². The first kappa shape index (κ1) is 18.4. The van der Waals surface area contributed by atoms with Crippen LogP contribution < -0.4 is 10.4 Å². The average Bonchev–Trinajstić information content (AvgIpc) is 3.47. The van der Waals surface area contributed by atoms with Gasteiger partial charge in [0.05, 0.1) is 0 Å². The highest BCUT2D eigenvalue weighted by Crippen LogP contribution is 2.46. The third-order valence-corrected chi connectivity index (χ3v) is 12.6. The Balaban J connectivity index is 1.70. The fraction of sp³-hybridized carbons (Fsp3) is 0.0667. The Morgan fingerprint density at radius 3 is 1.26 bits per heavy atom. The van der Waals surface area contributed by atoms with Crippen molar-refractivity contribution < 1.29 is 0 Å². The largest absolute Gasteiger partial charge is 0.139 e. The highest BCUT2D eigenvalue weighted by atomic mass is 28.3. The van der Waals surface area contributed by atoms with E-state index in [1.54, 1.807) is 0 Å². The molecule has 0 nitrogen and oxygen atoms in total. The quantitative estimate of drug-likeness (QED) is 0.363. The van der Waals surface area contributed by atoms with Gasteiger partial charge >= 0.3 is 0 Å². The molecular formula is C30H24Si. The summed E-state index contributed by atoms with van der Waals surface area (Å²) in [5.74, 6) is 0. The van der Waals surface area contributed by atoms with Crippen LogP contribution >= 0.6 is 0 Å². The summed E-state index contributed by atoms with van der Waals surface area (Å²) in [6.07, 6.45) is 9.67. The van der Waals surface area contributed by atoms with Crippen LogP contribution in [0.3, 0.4) is 0 Å². The van der Waals surface area contributed by atoms with E-state index in [0.29, 0.717) is 11.1 Å². The summed E-state index contributed by atoms with van der Waals surface area (Å²) in [5, 5.41) is 3.00. The summed E-state index contributed by atoms with van der Waals surface area (Å²) in [7, 11) is -2.36. The minimum Gasteiger partial charge on any atom is -0.0784 e. The van der Waals surface area contributed by atoms with Gasteiger partial charge in [0.2, 0.25) is 0 Å². The van der Waals surface area contributed by atoms with Crippen molar-refractivity contribution in [2.75, 3.05) is 0 Å². The van der Waals surface area contributed by atoms with Gasteiger partial charge in [-0.15, -0.1) is 0 Å². The van der Waals surface area contributed by atoms with Gasteiger partial charge < -0.3 is 0 Å². The van der Waals surface area contributed by atoms with Crippen LogP contribution in [0.15, 0.2) is 121 Å². The second-order valence-corrected chi connectivity index (χ2v) is 12.7. The predicted octanol–water partition coefficient (Wildman–Crippen LogP) is 5.95. The van der Waals surface area contributed by atoms with E-state index in [1.165, 1.54) is 32.6 Å². The molecule has 31 heavy (non-hydrogen) atoms. The van der Waals surface area contributed by atoms with Crippen molar-refractivity contribution in [3.8, 4) is 0 Å². The first-order chi connectivity index (χ1) is 15.4. The Hall–Kier alpha value is -3.42. The molecule has 0 amide bonds. The molecule has 2 unspecified atom stereocenters. The van der Waals surface area contributed by atoms with Gasteiger partial charge in [-0.3, -0.25) is 0 Å². The van der Waals surface area contributed by atoms with Crippen molar-refractivity contribution in [1.29, 1.82) is 0 Å². The average molecular weight is 413 g/mol. The summed E-state index contributed by atoms with van der Waals surface area (Å²) in [4.78, 5) is 0. The summed E-state index contributed by atoms with van der Waals surface area (Å²) >= 11 is 0. The van der Waals surface area contributed by atoms with Crippen molar-refractivity contribution in [3.05, 3.63) is 144 Å². The summed E-state index contributed by atoms with van der Waals surface area (Å²) < 4.78 is 0. The van der Waals surface area contributed by atoms with E-state index < -0.39 is 8.07 Å². The van der Waals surface area contributed by atoms with Gasteiger partial charge in [0.1, 0.15) is 8.07 Å². The molecule has 0 N–H and O–H groups in total. The number of hydrogen-bond acceptors (Lipinski definition) is 0. The first-order valence-electron chi connectivity index (χ1n) is 11.0. The molecule has 2 aliphatic rings. The Kier molecular flexibility index (Phi) is 4.36. The Labute approximate surface area is 185 Å². The van der Waals surface area contributed by atoms with Crippen LogP contribution in [-0.2, 0) is 0 Å². The molecule has 148 valence electrons. The van der Waals surface area contributed by atoms with Crippen LogP contribution in [0.25, 0.3) is 12.2 Å². The molecule has 0 bridgehead atoms. The third-order valence-electron chi connectivity index (χ3n) is 7.08. The van der Waals surface area contributed by atoms with Gasteiger partial charge in [-0.05, 0) is 22.3 Å². The molecule has 2 aliphatic carbocycles. The molecular weight excluding hydrogens is 388 g/mol. The van der Waals surface area contributed by atoms with Crippen molar-refractivity contribution in [3.63, 3.8) is 0 Å². The van der Waals surface area contributed by atoms with E-state index in [9.17, 15) is 0 Å². The molecule has 4 aromatic carbocycles. The van der Waals surface area contributed by atoms with Crippen molar-refractivity contribution >= 4 is 30.6 Å². The second-order valence-electron chi connectivity index (χ2n) is 8.53. The van der Waals surface area contributed by atoms with Crippen molar-refractivity contribution in [2.45, 2.75) is 11.1 Å². The Morgan fingerprint density at radius 2 is 0.806 bits per heavy atom. The van der Waals surface area contributed by atoms with E-state index in [1.807, 2.05) is 0 Å². The molecule has 0 aliphatic heterocycles. The molecule has 0 spiro atoms. The van der Waals surface area contributed by atoms with Gasteiger partial charge in [0.25, 0.3) is 0 Å². The molecule has 0 heterocycles. The number of hydrogen-bond donors (Lipinski definition) is 0. The Morgan fingerprint density at radius 1 is 0.419 bits per heavy atom. The van der Waals surface area contributed by atoms with Crippen LogP contribution in [0.4, 0.5) is 0 Å². The van der Waals surface area contributed by atoms with E-state index in [4.69, 9.17) is 0 Å². The molecule has 0 radical (unpaired) electrons. The van der Waals surface area contributed by atoms with Crippen molar-refractivity contribution in [1.82, 2.24) is 0 Å². The molecule has 1 heteroatoms. The molecule has 0 saturated heterocycles. The number of benzene rings is 4. The maximum atomic E-state index is 2.49. The molecule has 0 aromatic heterocycles. The van der Waals surface area contributed by atoms with Crippen LogP contribution in [0.2, 0.25) is 0 Å². The van der Waals surface area contributed by atoms with E-state index in [0.717, 1.165) is 0 Å². The summed E-state index contributed by atoms with van der Waals surface area (Å²) in [6.45, 7) is 0. The van der Waals surface area contributed by atoms with Gasteiger partial charge in [0.15, 0.2) is 0 Å². The summed E-state index contributed by atoms with van der Waals surface area (Å²) in [6, 6.07) is 40.6. The normalized spacial score (nSPS) is 18.7. The number of fused-ring (bicyclic) bond motifs is 2. The molecule has 0 fully saturated rings. The monoisotopic (exact) mass is 412 g/mol. The zero-order chi connectivity index (χ0) is 20.7. The predicted molar refractivity (Wildman–Crippen MR) is 134 cm³/mol. The molecule has 4 aromatic rings. The molecule has 0 saturated carbocycles. The smallest absolute Gasteiger partial charge is 0.0784 e. The molecule has 2 atom stereocenters. The van der Waals surface area contributed by atoms with Crippen LogP contribution in [0.5, 0.6) is 0 Å². The lowest BCUT2D eigenvalue weighted by Crippen LogP contribution is -2.65. The highest BCUT2D eigenvalue weighted by Gasteiger charge is 2.52. The lowest BCUT2D eigenvalue weighted by atomic mass is 10.1. The lowest BCUT2D eigenvalue weighted by Gasteiger charge is -2.43. The van der Waals surface area contributed by atoms with Crippen LogP contribution in [0.1, 0.15) is 33.3 Å². The summed E-state index contributed by atoms with van der Waals surface area (Å²) in [5.41, 5.74) is 6.45. The van der Waals surface area contributed by atoms with E-state index in [2.05, 4.69) is 133 Å². The maximum Gasteiger partial charge on any atom is 0.139 e. The van der Waals surface area contributed by atoms with Gasteiger partial charge in [-0.1, -0.05) is 144 Å². The van der Waals surface area contributed by atoms with Gasteiger partial charge in [-0.25, -0.2) is 0 Å². The zero-order valence-electron chi connectivity index (χ0n) is 17.4. The SMILES string of the molecule is C1=CC([Si](c2ccccc2)(c2ccccc2)C2C=Cc3ccccc32)c2ccccc21. The third kappa shape index (κ3) is 2.74. The van der Waals surface area contributed by atoms with Crippen LogP contribution in [0, 0.1) is 0 Å². The fourth-order valence-electron chi connectivity index (χ4n) is 5.80. The minimum absolute atomic E-state index is 0.384. The van der Waals surface area contributed by atoms with Crippen LogP contribution in [-0.4, -0.2) is 8.07 Å². The minimum atomic E-state index is -2.36. The first-order valence-corrected chi connectivity index (χ1v) is 13.2. The number of rotatable bonds is 4. The van der Waals surface area contributed by atoms with E-state index in [-0.39, 0.29) is 0 Å². The molecule has 6 rings (SSSR count). The lowest BCUT2D eigenvalue weighted by molar-refractivity contribution is 1.07. The standard InChI is InChI=1S/C30H24Si/c1-3-13-25(14-4-1)31(26-15-5-2-6-16-26,29-21-19-23-11-7-9-17-27(23)29)30-22-20-24-12-8-10-18-28(24)30/h1-22,29-30H. The van der Waals surface area contributed by atoms with Gasteiger partial charge in [0, 0.05) is 11.1 Å². The Bertz CT molecular complexity index is 1180.